The van der Waals surface area contributed by atoms with E-state index in [0.717, 1.165) is 5.95 Å². The maximum atomic E-state index is 4.22. The van der Waals surface area contributed by atoms with Gasteiger partial charge in [0.25, 0.3) is 0 Å². The van der Waals surface area contributed by atoms with Crippen molar-refractivity contribution >= 4 is 5.95 Å². The zero-order valence-electron chi connectivity index (χ0n) is 8.36. The molecular formula is C10H15N3. The fraction of sp³-hybridized carbons (Fsp3) is 0.600. The summed E-state index contributed by atoms with van der Waals surface area (Å²) in [6.07, 6.45) is 4.81. The molecular weight excluding hydrogens is 162 g/mol. The second kappa shape index (κ2) is 2.69. The molecule has 1 aromatic rings. The Morgan fingerprint density at radius 1 is 1.38 bits per heavy atom. The molecule has 1 aromatic heterocycles. The predicted molar refractivity (Wildman–Crippen MR) is 52.6 cm³/mol. The van der Waals surface area contributed by atoms with Crippen LogP contribution in [0.5, 0.6) is 0 Å². The van der Waals surface area contributed by atoms with Crippen molar-refractivity contribution in [3.8, 4) is 0 Å². The monoisotopic (exact) mass is 177 g/mol. The molecule has 1 atom stereocenters. The smallest absolute Gasteiger partial charge is 0.225 e. The van der Waals surface area contributed by atoms with Gasteiger partial charge in [-0.1, -0.05) is 13.8 Å². The molecule has 0 N–H and O–H groups in total. The van der Waals surface area contributed by atoms with E-state index in [1.54, 1.807) is 12.4 Å². The molecule has 0 radical (unpaired) electrons. The number of nitrogens with zero attached hydrogens (tertiary/aromatic N) is 3. The largest absolute Gasteiger partial charge is 0.340 e. The number of aromatic nitrogens is 2. The minimum atomic E-state index is 0.438. The first-order valence-corrected chi connectivity index (χ1v) is 4.61. The van der Waals surface area contributed by atoms with Gasteiger partial charge in [-0.3, -0.25) is 0 Å². The van der Waals surface area contributed by atoms with E-state index in [1.165, 1.54) is 6.42 Å². The van der Waals surface area contributed by atoms with Gasteiger partial charge in [-0.25, -0.2) is 9.97 Å². The van der Waals surface area contributed by atoms with Crippen LogP contribution >= 0.6 is 0 Å². The highest BCUT2D eigenvalue weighted by molar-refractivity contribution is 5.34. The lowest BCUT2D eigenvalue weighted by atomic mass is 10.2. The first-order valence-electron chi connectivity index (χ1n) is 4.61. The molecule has 1 aliphatic rings. The van der Waals surface area contributed by atoms with Crippen molar-refractivity contribution in [2.24, 2.45) is 5.41 Å². The molecule has 1 unspecified atom stereocenters. The summed E-state index contributed by atoms with van der Waals surface area (Å²) in [7, 11) is 2.06. The second-order valence-electron chi connectivity index (χ2n) is 4.37. The summed E-state index contributed by atoms with van der Waals surface area (Å²) in [5, 5.41) is 0. The molecule has 0 bridgehead atoms. The van der Waals surface area contributed by atoms with E-state index in [9.17, 15) is 0 Å². The Kier molecular flexibility index (Phi) is 1.75. The molecule has 0 spiro atoms. The van der Waals surface area contributed by atoms with Crippen LogP contribution in [0.1, 0.15) is 20.3 Å². The van der Waals surface area contributed by atoms with E-state index in [-0.39, 0.29) is 0 Å². The molecule has 1 heterocycles. The van der Waals surface area contributed by atoms with Gasteiger partial charge in [-0.2, -0.15) is 0 Å². The highest BCUT2D eigenvalue weighted by Crippen LogP contribution is 2.48. The van der Waals surface area contributed by atoms with Crippen molar-refractivity contribution in [3.05, 3.63) is 18.5 Å². The quantitative estimate of drug-likeness (QED) is 0.688. The maximum absolute atomic E-state index is 4.22. The molecule has 1 saturated carbocycles. The minimum Gasteiger partial charge on any atom is -0.340 e. The van der Waals surface area contributed by atoms with Crippen molar-refractivity contribution < 1.29 is 0 Å². The van der Waals surface area contributed by atoms with Gasteiger partial charge in [-0.05, 0) is 17.9 Å². The molecule has 1 fully saturated rings. The van der Waals surface area contributed by atoms with Crippen molar-refractivity contribution in [3.63, 3.8) is 0 Å². The molecule has 3 nitrogen and oxygen atoms in total. The predicted octanol–water partition coefficient (Wildman–Crippen LogP) is 1.71. The minimum absolute atomic E-state index is 0.438. The van der Waals surface area contributed by atoms with Crippen molar-refractivity contribution in [2.45, 2.75) is 26.3 Å². The molecule has 0 amide bonds. The lowest BCUT2D eigenvalue weighted by Crippen LogP contribution is -2.25. The molecule has 3 heteroatoms. The van der Waals surface area contributed by atoms with Crippen molar-refractivity contribution in [2.75, 3.05) is 11.9 Å². The normalized spacial score (nSPS) is 24.1. The fourth-order valence-electron chi connectivity index (χ4n) is 1.71. The van der Waals surface area contributed by atoms with Gasteiger partial charge in [0.15, 0.2) is 0 Å². The third kappa shape index (κ3) is 1.50. The number of hydrogen-bond donors (Lipinski definition) is 0. The van der Waals surface area contributed by atoms with Gasteiger partial charge in [-0.15, -0.1) is 0 Å². The van der Waals surface area contributed by atoms with E-state index < -0.39 is 0 Å². The third-order valence-corrected chi connectivity index (χ3v) is 2.80. The highest BCUT2D eigenvalue weighted by Gasteiger charge is 2.49. The summed E-state index contributed by atoms with van der Waals surface area (Å²) in [5.74, 6) is 0.832. The molecule has 70 valence electrons. The van der Waals surface area contributed by atoms with Crippen LogP contribution in [-0.2, 0) is 0 Å². The summed E-state index contributed by atoms with van der Waals surface area (Å²) in [4.78, 5) is 10.6. The van der Waals surface area contributed by atoms with Crippen LogP contribution in [0.4, 0.5) is 5.95 Å². The van der Waals surface area contributed by atoms with Crippen LogP contribution in [0.25, 0.3) is 0 Å². The van der Waals surface area contributed by atoms with Crippen LogP contribution < -0.4 is 4.90 Å². The summed E-state index contributed by atoms with van der Waals surface area (Å²) in [5.41, 5.74) is 0.438. The van der Waals surface area contributed by atoms with E-state index in [2.05, 4.69) is 35.8 Å². The second-order valence-corrected chi connectivity index (χ2v) is 4.37. The van der Waals surface area contributed by atoms with Crippen LogP contribution in [0.2, 0.25) is 0 Å². The van der Waals surface area contributed by atoms with Crippen LogP contribution in [0.3, 0.4) is 0 Å². The van der Waals surface area contributed by atoms with E-state index in [1.807, 2.05) is 6.07 Å². The van der Waals surface area contributed by atoms with E-state index >= 15 is 0 Å². The zero-order valence-corrected chi connectivity index (χ0v) is 8.36. The topological polar surface area (TPSA) is 29.0 Å². The molecule has 1 aliphatic carbocycles. The molecule has 2 rings (SSSR count). The van der Waals surface area contributed by atoms with Crippen LogP contribution in [0, 0.1) is 5.41 Å². The van der Waals surface area contributed by atoms with Gasteiger partial charge in [0.2, 0.25) is 5.95 Å². The number of hydrogen-bond acceptors (Lipinski definition) is 3. The lowest BCUT2D eigenvalue weighted by molar-refractivity contribution is 0.599. The SMILES string of the molecule is CN(c1ncccn1)C1CC1(C)C. The summed E-state index contributed by atoms with van der Waals surface area (Å²) >= 11 is 0. The van der Waals surface area contributed by atoms with Gasteiger partial charge < -0.3 is 4.90 Å². The van der Waals surface area contributed by atoms with Crippen LogP contribution in [-0.4, -0.2) is 23.1 Å². The van der Waals surface area contributed by atoms with Gasteiger partial charge in [0.05, 0.1) is 0 Å². The molecule has 0 aromatic carbocycles. The summed E-state index contributed by atoms with van der Waals surface area (Å²) in [6.45, 7) is 4.55. The van der Waals surface area contributed by atoms with Crippen molar-refractivity contribution in [1.29, 1.82) is 0 Å². The molecule has 0 saturated heterocycles. The Bertz CT molecular complexity index is 294. The fourth-order valence-corrected chi connectivity index (χ4v) is 1.71. The average Bonchev–Trinajstić information content (AvgIpc) is 2.76. The first-order chi connectivity index (χ1) is 6.11. The van der Waals surface area contributed by atoms with Gasteiger partial charge >= 0.3 is 0 Å². The van der Waals surface area contributed by atoms with E-state index in [4.69, 9.17) is 0 Å². The van der Waals surface area contributed by atoms with Gasteiger partial charge in [0.1, 0.15) is 0 Å². The number of rotatable bonds is 2. The third-order valence-electron chi connectivity index (χ3n) is 2.80. The zero-order chi connectivity index (χ0) is 9.47. The summed E-state index contributed by atoms with van der Waals surface area (Å²) in [6, 6.07) is 2.45. The standard InChI is InChI=1S/C10H15N3/c1-10(2)7-8(10)13(3)9-11-5-4-6-12-9/h4-6,8H,7H2,1-3H3. The maximum Gasteiger partial charge on any atom is 0.225 e. The highest BCUT2D eigenvalue weighted by atomic mass is 15.3. The average molecular weight is 177 g/mol. The first kappa shape index (κ1) is 8.48. The van der Waals surface area contributed by atoms with Gasteiger partial charge in [0, 0.05) is 25.5 Å². The van der Waals surface area contributed by atoms with Crippen molar-refractivity contribution in [1.82, 2.24) is 9.97 Å². The Labute approximate surface area is 78.8 Å². The Balaban J connectivity index is 2.12. The Hall–Kier alpha value is -1.12. The molecule has 13 heavy (non-hydrogen) atoms. The lowest BCUT2D eigenvalue weighted by Gasteiger charge is -2.18. The Morgan fingerprint density at radius 3 is 2.38 bits per heavy atom. The Morgan fingerprint density at radius 2 is 1.92 bits per heavy atom. The summed E-state index contributed by atoms with van der Waals surface area (Å²) < 4.78 is 0. The molecule has 0 aliphatic heterocycles. The number of anilines is 1. The van der Waals surface area contributed by atoms with E-state index in [0.29, 0.717) is 11.5 Å². The van der Waals surface area contributed by atoms with Crippen LogP contribution in [0.15, 0.2) is 18.5 Å².